The largest absolute Gasteiger partial charge is 0.508 e. The van der Waals surface area contributed by atoms with Crippen LogP contribution in [0.25, 0.3) is 0 Å². The van der Waals surface area contributed by atoms with E-state index in [0.29, 0.717) is 5.56 Å². The van der Waals surface area contributed by atoms with Crippen LogP contribution < -0.4 is 5.73 Å². The second-order valence-corrected chi connectivity index (χ2v) is 4.17. The highest BCUT2D eigenvalue weighted by molar-refractivity contribution is 14.1. The number of carbonyl (C=O) groups is 1. The number of aromatic hydroxyl groups is 1. The Balaban J connectivity index is 2.82. The summed E-state index contributed by atoms with van der Waals surface area (Å²) in [6, 6.07) is 4.08. The zero-order valence-corrected chi connectivity index (χ0v) is 9.43. The van der Waals surface area contributed by atoms with Gasteiger partial charge >= 0.3 is 5.97 Å². The molecule has 14 heavy (non-hydrogen) atoms. The molecule has 4 N–H and O–H groups in total. The Labute approximate surface area is 94.9 Å². The third-order valence-corrected chi connectivity index (χ3v) is 2.48. The van der Waals surface area contributed by atoms with E-state index in [9.17, 15) is 9.90 Å². The molecule has 0 bridgehead atoms. The first-order valence-electron chi connectivity index (χ1n) is 3.96. The van der Waals surface area contributed by atoms with Gasteiger partial charge in [0.05, 0.1) is 0 Å². The SMILES string of the molecule is N[C@H](Cc1ccc(I)cc1O)C(=O)O. The molecule has 0 fully saturated rings. The number of phenolic OH excluding ortho intramolecular Hbond substituents is 1. The molecule has 76 valence electrons. The number of hydrogen-bond acceptors (Lipinski definition) is 3. The van der Waals surface area contributed by atoms with Crippen LogP contribution in [-0.4, -0.2) is 22.2 Å². The third kappa shape index (κ3) is 2.85. The normalized spacial score (nSPS) is 12.4. The van der Waals surface area contributed by atoms with Gasteiger partial charge in [-0.2, -0.15) is 0 Å². The average Bonchev–Trinajstić information content (AvgIpc) is 2.09. The summed E-state index contributed by atoms with van der Waals surface area (Å²) in [5, 5.41) is 18.0. The molecule has 0 saturated carbocycles. The van der Waals surface area contributed by atoms with Gasteiger partial charge in [0.1, 0.15) is 11.8 Å². The summed E-state index contributed by atoms with van der Waals surface area (Å²) in [4.78, 5) is 10.5. The number of phenols is 1. The predicted molar refractivity (Wildman–Crippen MR) is 60.1 cm³/mol. The Morgan fingerprint density at radius 1 is 1.57 bits per heavy atom. The van der Waals surface area contributed by atoms with Crippen molar-refractivity contribution in [3.63, 3.8) is 0 Å². The van der Waals surface area contributed by atoms with Crippen LogP contribution >= 0.6 is 22.6 Å². The van der Waals surface area contributed by atoms with E-state index in [4.69, 9.17) is 10.8 Å². The van der Waals surface area contributed by atoms with E-state index in [1.807, 2.05) is 0 Å². The summed E-state index contributed by atoms with van der Waals surface area (Å²) in [5.74, 6) is -0.975. The third-order valence-electron chi connectivity index (χ3n) is 1.80. The topological polar surface area (TPSA) is 83.5 Å². The van der Waals surface area contributed by atoms with Crippen molar-refractivity contribution in [3.8, 4) is 5.75 Å². The second kappa shape index (κ2) is 4.61. The van der Waals surface area contributed by atoms with E-state index in [0.717, 1.165) is 3.57 Å². The molecular weight excluding hydrogens is 297 g/mol. The minimum absolute atomic E-state index is 0.0913. The Morgan fingerprint density at radius 3 is 2.71 bits per heavy atom. The monoisotopic (exact) mass is 307 g/mol. The zero-order valence-electron chi connectivity index (χ0n) is 7.27. The minimum Gasteiger partial charge on any atom is -0.508 e. The Kier molecular flexibility index (Phi) is 3.70. The van der Waals surface area contributed by atoms with Crippen LogP contribution in [0.15, 0.2) is 18.2 Å². The van der Waals surface area contributed by atoms with Gasteiger partial charge in [0, 0.05) is 9.99 Å². The van der Waals surface area contributed by atoms with E-state index in [-0.39, 0.29) is 12.2 Å². The smallest absolute Gasteiger partial charge is 0.320 e. The van der Waals surface area contributed by atoms with Crippen molar-refractivity contribution in [2.75, 3.05) is 0 Å². The van der Waals surface area contributed by atoms with Crippen LogP contribution in [0.2, 0.25) is 0 Å². The van der Waals surface area contributed by atoms with Gasteiger partial charge in [0.25, 0.3) is 0 Å². The Morgan fingerprint density at radius 2 is 2.21 bits per heavy atom. The fourth-order valence-corrected chi connectivity index (χ4v) is 1.51. The van der Waals surface area contributed by atoms with E-state index < -0.39 is 12.0 Å². The molecule has 0 aliphatic carbocycles. The lowest BCUT2D eigenvalue weighted by Gasteiger charge is -2.08. The molecule has 1 atom stereocenters. The number of benzene rings is 1. The van der Waals surface area contributed by atoms with E-state index in [2.05, 4.69) is 22.6 Å². The molecule has 0 heterocycles. The van der Waals surface area contributed by atoms with Crippen molar-refractivity contribution in [1.29, 1.82) is 0 Å². The van der Waals surface area contributed by atoms with Crippen molar-refractivity contribution < 1.29 is 15.0 Å². The molecule has 1 rings (SSSR count). The van der Waals surface area contributed by atoms with Gasteiger partial charge in [-0.25, -0.2) is 0 Å². The molecule has 1 aromatic rings. The predicted octanol–water partition coefficient (Wildman–Crippen LogP) is 0.951. The number of nitrogens with two attached hydrogens (primary N) is 1. The number of halogens is 1. The number of carboxylic acid groups (broad SMARTS) is 1. The van der Waals surface area contributed by atoms with Gasteiger partial charge in [0.2, 0.25) is 0 Å². The first kappa shape index (κ1) is 11.3. The molecule has 5 heteroatoms. The summed E-state index contributed by atoms with van der Waals surface area (Å²) >= 11 is 2.06. The summed E-state index contributed by atoms with van der Waals surface area (Å²) < 4.78 is 0.896. The van der Waals surface area contributed by atoms with Crippen molar-refractivity contribution in [1.82, 2.24) is 0 Å². The van der Waals surface area contributed by atoms with Crippen molar-refractivity contribution in [2.45, 2.75) is 12.5 Å². The molecule has 1 aromatic carbocycles. The minimum atomic E-state index is -1.07. The summed E-state index contributed by atoms with van der Waals surface area (Å²) in [5.41, 5.74) is 5.90. The second-order valence-electron chi connectivity index (χ2n) is 2.92. The lowest BCUT2D eigenvalue weighted by Crippen LogP contribution is -2.32. The molecule has 4 nitrogen and oxygen atoms in total. The van der Waals surface area contributed by atoms with Crippen LogP contribution in [-0.2, 0) is 11.2 Å². The summed E-state index contributed by atoms with van der Waals surface area (Å²) in [6.45, 7) is 0. The molecule has 0 saturated heterocycles. The Bertz CT molecular complexity index is 354. The van der Waals surface area contributed by atoms with E-state index >= 15 is 0 Å². The maximum absolute atomic E-state index is 10.5. The maximum Gasteiger partial charge on any atom is 0.320 e. The Hall–Kier alpha value is -0.820. The molecule has 0 aliphatic heterocycles. The maximum atomic E-state index is 10.5. The first-order chi connectivity index (χ1) is 6.50. The molecular formula is C9H10INO3. The van der Waals surface area contributed by atoms with Gasteiger partial charge in [-0.05, 0) is 40.3 Å². The van der Waals surface area contributed by atoms with Crippen LogP contribution in [0.5, 0.6) is 5.75 Å². The average molecular weight is 307 g/mol. The van der Waals surface area contributed by atoms with Gasteiger partial charge in [-0.3, -0.25) is 4.79 Å². The van der Waals surface area contributed by atoms with Crippen LogP contribution in [0.4, 0.5) is 0 Å². The molecule has 0 aromatic heterocycles. The lowest BCUT2D eigenvalue weighted by atomic mass is 10.1. The molecule has 0 radical (unpaired) electrons. The number of hydrogen-bond donors (Lipinski definition) is 3. The van der Waals surface area contributed by atoms with Crippen molar-refractivity contribution in [2.24, 2.45) is 5.73 Å². The van der Waals surface area contributed by atoms with Gasteiger partial charge in [-0.1, -0.05) is 6.07 Å². The summed E-state index contributed by atoms with van der Waals surface area (Å²) in [7, 11) is 0. The lowest BCUT2D eigenvalue weighted by molar-refractivity contribution is -0.138. The van der Waals surface area contributed by atoms with Crippen LogP contribution in [0, 0.1) is 3.57 Å². The quantitative estimate of drug-likeness (QED) is 0.726. The van der Waals surface area contributed by atoms with Crippen LogP contribution in [0.3, 0.4) is 0 Å². The van der Waals surface area contributed by atoms with E-state index in [1.165, 1.54) is 0 Å². The van der Waals surface area contributed by atoms with Crippen LogP contribution in [0.1, 0.15) is 5.56 Å². The zero-order chi connectivity index (χ0) is 10.7. The van der Waals surface area contributed by atoms with Gasteiger partial charge in [-0.15, -0.1) is 0 Å². The molecule has 0 aliphatic rings. The van der Waals surface area contributed by atoms with Gasteiger partial charge in [0.15, 0.2) is 0 Å². The number of rotatable bonds is 3. The number of aliphatic carboxylic acids is 1. The number of carboxylic acids is 1. The highest BCUT2D eigenvalue weighted by atomic mass is 127. The van der Waals surface area contributed by atoms with Crippen molar-refractivity contribution >= 4 is 28.6 Å². The molecule has 0 spiro atoms. The highest BCUT2D eigenvalue weighted by Gasteiger charge is 2.14. The fraction of sp³-hybridized carbons (Fsp3) is 0.222. The first-order valence-corrected chi connectivity index (χ1v) is 5.04. The molecule has 0 unspecified atom stereocenters. The highest BCUT2D eigenvalue weighted by Crippen LogP contribution is 2.20. The van der Waals surface area contributed by atoms with Crippen molar-refractivity contribution in [3.05, 3.63) is 27.3 Å². The fourth-order valence-electron chi connectivity index (χ4n) is 1.03. The van der Waals surface area contributed by atoms with Gasteiger partial charge < -0.3 is 15.9 Å². The molecule has 0 amide bonds. The standard InChI is InChI=1S/C9H10INO3/c10-6-2-1-5(8(12)4-6)3-7(11)9(13)14/h1-2,4,7,12H,3,11H2,(H,13,14)/t7-/m1/s1. The van der Waals surface area contributed by atoms with E-state index in [1.54, 1.807) is 18.2 Å². The summed E-state index contributed by atoms with van der Waals surface area (Å²) in [6.07, 6.45) is 0.137.